The molecule has 4 nitrogen and oxygen atoms in total. The summed E-state index contributed by atoms with van der Waals surface area (Å²) in [4.78, 5) is 4.05. The SMILES string of the molecule is CCn1cncc1C(O)c1ccc(OC)cc1. The molecule has 0 radical (unpaired) electrons. The van der Waals surface area contributed by atoms with Crippen molar-refractivity contribution in [3.05, 3.63) is 48.0 Å². The van der Waals surface area contributed by atoms with E-state index in [9.17, 15) is 5.11 Å². The Kier molecular flexibility index (Phi) is 3.44. The van der Waals surface area contributed by atoms with Crippen molar-refractivity contribution in [2.24, 2.45) is 0 Å². The summed E-state index contributed by atoms with van der Waals surface area (Å²) in [5.74, 6) is 0.782. The first-order chi connectivity index (χ1) is 8.26. The maximum Gasteiger partial charge on any atom is 0.121 e. The first kappa shape index (κ1) is 11.7. The van der Waals surface area contributed by atoms with Gasteiger partial charge < -0.3 is 14.4 Å². The number of imidazole rings is 1. The minimum absolute atomic E-state index is 0.650. The van der Waals surface area contributed by atoms with E-state index in [1.54, 1.807) is 19.6 Å². The predicted octanol–water partition coefficient (Wildman–Crippen LogP) is 1.99. The van der Waals surface area contributed by atoms with Gasteiger partial charge in [0.05, 0.1) is 25.3 Å². The van der Waals surface area contributed by atoms with Crippen molar-refractivity contribution in [1.29, 1.82) is 0 Å². The summed E-state index contributed by atoms with van der Waals surface area (Å²) in [6.07, 6.45) is 2.77. The van der Waals surface area contributed by atoms with E-state index in [0.717, 1.165) is 23.6 Å². The third-order valence-electron chi connectivity index (χ3n) is 2.80. The van der Waals surface area contributed by atoms with Crippen LogP contribution >= 0.6 is 0 Å². The summed E-state index contributed by atoms with van der Waals surface area (Å²) < 4.78 is 7.01. The zero-order valence-electron chi connectivity index (χ0n) is 10.00. The highest BCUT2D eigenvalue weighted by molar-refractivity contribution is 5.31. The molecule has 0 aliphatic carbocycles. The van der Waals surface area contributed by atoms with Gasteiger partial charge in [-0.05, 0) is 24.6 Å². The van der Waals surface area contributed by atoms with Gasteiger partial charge in [0.1, 0.15) is 11.9 Å². The summed E-state index contributed by atoms with van der Waals surface area (Å²) in [5, 5.41) is 10.3. The van der Waals surface area contributed by atoms with E-state index in [-0.39, 0.29) is 0 Å². The van der Waals surface area contributed by atoms with E-state index in [4.69, 9.17) is 4.74 Å². The van der Waals surface area contributed by atoms with Gasteiger partial charge in [0.25, 0.3) is 0 Å². The summed E-state index contributed by atoms with van der Waals surface area (Å²) >= 11 is 0. The number of rotatable bonds is 4. The van der Waals surface area contributed by atoms with E-state index >= 15 is 0 Å². The average molecular weight is 232 g/mol. The molecule has 2 rings (SSSR count). The van der Waals surface area contributed by atoms with Crippen molar-refractivity contribution in [2.75, 3.05) is 7.11 Å². The molecule has 0 fully saturated rings. The topological polar surface area (TPSA) is 47.3 Å². The highest BCUT2D eigenvalue weighted by Gasteiger charge is 2.14. The fourth-order valence-corrected chi connectivity index (χ4v) is 1.78. The lowest BCUT2D eigenvalue weighted by molar-refractivity contribution is 0.210. The normalized spacial score (nSPS) is 12.4. The van der Waals surface area contributed by atoms with E-state index in [1.807, 2.05) is 35.8 Å². The van der Waals surface area contributed by atoms with Crippen molar-refractivity contribution < 1.29 is 9.84 Å². The van der Waals surface area contributed by atoms with Crippen LogP contribution in [0.3, 0.4) is 0 Å². The molecule has 1 unspecified atom stereocenters. The first-order valence-electron chi connectivity index (χ1n) is 5.58. The monoisotopic (exact) mass is 232 g/mol. The van der Waals surface area contributed by atoms with Gasteiger partial charge in [0, 0.05) is 6.54 Å². The lowest BCUT2D eigenvalue weighted by atomic mass is 10.1. The maximum absolute atomic E-state index is 10.3. The Morgan fingerprint density at radius 3 is 2.65 bits per heavy atom. The van der Waals surface area contributed by atoms with Gasteiger partial charge in [-0.3, -0.25) is 0 Å². The number of nitrogens with zero attached hydrogens (tertiary/aromatic N) is 2. The Hall–Kier alpha value is -1.81. The van der Waals surface area contributed by atoms with Gasteiger partial charge in [-0.2, -0.15) is 0 Å². The molecular weight excluding hydrogens is 216 g/mol. The molecule has 0 saturated heterocycles. The molecule has 2 aromatic rings. The van der Waals surface area contributed by atoms with Crippen molar-refractivity contribution in [3.8, 4) is 5.75 Å². The van der Waals surface area contributed by atoms with Gasteiger partial charge >= 0.3 is 0 Å². The number of aliphatic hydroxyl groups excluding tert-OH is 1. The largest absolute Gasteiger partial charge is 0.497 e. The number of aliphatic hydroxyl groups is 1. The highest BCUT2D eigenvalue weighted by Crippen LogP contribution is 2.23. The van der Waals surface area contributed by atoms with Gasteiger partial charge in [-0.1, -0.05) is 12.1 Å². The van der Waals surface area contributed by atoms with E-state index in [0.29, 0.717) is 0 Å². The van der Waals surface area contributed by atoms with Crippen LogP contribution in [0.25, 0.3) is 0 Å². The molecule has 1 aromatic heterocycles. The molecule has 1 aromatic carbocycles. The quantitative estimate of drug-likeness (QED) is 0.877. The first-order valence-corrected chi connectivity index (χ1v) is 5.58. The molecule has 0 aliphatic heterocycles. The lowest BCUT2D eigenvalue weighted by Crippen LogP contribution is -2.07. The van der Waals surface area contributed by atoms with Crippen LogP contribution in [-0.4, -0.2) is 21.8 Å². The van der Waals surface area contributed by atoms with Crippen molar-refractivity contribution in [2.45, 2.75) is 19.6 Å². The summed E-state index contributed by atoms with van der Waals surface area (Å²) in [5.41, 5.74) is 1.64. The van der Waals surface area contributed by atoms with Crippen LogP contribution in [0.1, 0.15) is 24.3 Å². The van der Waals surface area contributed by atoms with E-state index < -0.39 is 6.10 Å². The van der Waals surface area contributed by atoms with Crippen LogP contribution in [0.5, 0.6) is 5.75 Å². The molecule has 4 heteroatoms. The van der Waals surface area contributed by atoms with Crippen LogP contribution in [0.4, 0.5) is 0 Å². The molecule has 17 heavy (non-hydrogen) atoms. The second-order valence-corrected chi connectivity index (χ2v) is 3.78. The van der Waals surface area contributed by atoms with E-state index in [2.05, 4.69) is 4.98 Å². The van der Waals surface area contributed by atoms with Crippen LogP contribution in [-0.2, 0) is 6.54 Å². The summed E-state index contributed by atoms with van der Waals surface area (Å²) in [6, 6.07) is 7.39. The maximum atomic E-state index is 10.3. The minimum atomic E-state index is -0.650. The molecular formula is C13H16N2O2. The Morgan fingerprint density at radius 2 is 2.06 bits per heavy atom. The second-order valence-electron chi connectivity index (χ2n) is 3.78. The Bertz CT molecular complexity index is 476. The molecule has 0 amide bonds. The molecule has 1 heterocycles. The summed E-state index contributed by atoms with van der Waals surface area (Å²) in [6.45, 7) is 2.81. The number of hydrogen-bond donors (Lipinski definition) is 1. The second kappa shape index (κ2) is 5.01. The molecule has 0 saturated carbocycles. The number of benzene rings is 1. The van der Waals surface area contributed by atoms with Crippen LogP contribution < -0.4 is 4.74 Å². The van der Waals surface area contributed by atoms with Gasteiger partial charge in [-0.15, -0.1) is 0 Å². The van der Waals surface area contributed by atoms with Crippen LogP contribution in [0.2, 0.25) is 0 Å². The number of methoxy groups -OCH3 is 1. The molecule has 0 bridgehead atoms. The molecule has 0 aliphatic rings. The Balaban J connectivity index is 2.27. The lowest BCUT2D eigenvalue weighted by Gasteiger charge is -2.13. The van der Waals surface area contributed by atoms with Gasteiger partial charge in [0.15, 0.2) is 0 Å². The molecule has 1 N–H and O–H groups in total. The number of ether oxygens (including phenoxy) is 1. The highest BCUT2D eigenvalue weighted by atomic mass is 16.5. The zero-order valence-corrected chi connectivity index (χ0v) is 10.00. The van der Waals surface area contributed by atoms with Crippen LogP contribution in [0.15, 0.2) is 36.8 Å². The average Bonchev–Trinajstić information content (AvgIpc) is 2.86. The van der Waals surface area contributed by atoms with Gasteiger partial charge in [-0.25, -0.2) is 4.98 Å². The standard InChI is InChI=1S/C13H16N2O2/c1-3-15-9-14-8-12(15)13(16)10-4-6-11(17-2)7-5-10/h4-9,13,16H,3H2,1-2H3. The predicted molar refractivity (Wildman–Crippen MR) is 65.0 cm³/mol. The fraction of sp³-hybridized carbons (Fsp3) is 0.308. The summed E-state index contributed by atoms with van der Waals surface area (Å²) in [7, 11) is 1.62. The van der Waals surface area contributed by atoms with Gasteiger partial charge in [0.2, 0.25) is 0 Å². The van der Waals surface area contributed by atoms with Crippen molar-refractivity contribution in [1.82, 2.24) is 9.55 Å². The van der Waals surface area contributed by atoms with Crippen LogP contribution in [0, 0.1) is 0 Å². The molecule has 90 valence electrons. The smallest absolute Gasteiger partial charge is 0.121 e. The number of hydrogen-bond acceptors (Lipinski definition) is 3. The third-order valence-corrected chi connectivity index (χ3v) is 2.80. The van der Waals surface area contributed by atoms with Crippen molar-refractivity contribution >= 4 is 0 Å². The zero-order chi connectivity index (χ0) is 12.3. The molecule has 1 atom stereocenters. The Labute approximate surface area is 100 Å². The van der Waals surface area contributed by atoms with Crippen molar-refractivity contribution in [3.63, 3.8) is 0 Å². The van der Waals surface area contributed by atoms with E-state index in [1.165, 1.54) is 0 Å². The third kappa shape index (κ3) is 2.31. The Morgan fingerprint density at radius 1 is 1.35 bits per heavy atom. The molecule has 0 spiro atoms. The minimum Gasteiger partial charge on any atom is -0.497 e. The number of aryl methyl sites for hydroxylation is 1. The number of aromatic nitrogens is 2. The fourth-order valence-electron chi connectivity index (χ4n) is 1.78.